The van der Waals surface area contributed by atoms with E-state index >= 15 is 0 Å². The second-order valence-corrected chi connectivity index (χ2v) is 30.9. The van der Waals surface area contributed by atoms with Crippen molar-refractivity contribution in [1.29, 1.82) is 0 Å². The SMILES string of the molecule is CC/C=C\C/C=C\C/C=C\C/C=C\C/C=C\CCCCCC(=O)OCC(COP(=O)(O)OCC(O)COP(=O)(O)OCC(COC(=O)CCCCCCCCC/C=C\C/C=C\C/C=C\CC)OC(=O)CCCCCCC/C=C\C/C=C\CCCCC)OC(=O)CCCCCCCC/C=C\C/C=C\C/C=C\CCCCC. The molecule has 0 fully saturated rings. The average molecular weight is 1580 g/mol. The number of esters is 4. The topological polar surface area (TPSA) is 237 Å². The van der Waals surface area contributed by atoms with Crippen molar-refractivity contribution < 1.29 is 80.2 Å². The quantitative estimate of drug-likeness (QED) is 0.0169. The Labute approximate surface area is 668 Å². The number of hydrogen-bond acceptors (Lipinski definition) is 15. The van der Waals surface area contributed by atoms with Gasteiger partial charge in [0, 0.05) is 25.7 Å². The van der Waals surface area contributed by atoms with Crippen molar-refractivity contribution in [2.24, 2.45) is 0 Å². The van der Waals surface area contributed by atoms with Gasteiger partial charge in [0.05, 0.1) is 26.4 Å². The van der Waals surface area contributed by atoms with E-state index in [0.29, 0.717) is 25.7 Å². The molecule has 0 saturated carbocycles. The van der Waals surface area contributed by atoms with Crippen molar-refractivity contribution in [3.63, 3.8) is 0 Å². The minimum Gasteiger partial charge on any atom is -0.462 e. The van der Waals surface area contributed by atoms with E-state index in [2.05, 4.69) is 186 Å². The Morgan fingerprint density at radius 2 is 0.473 bits per heavy atom. The third kappa shape index (κ3) is 80.7. The molecule has 0 bridgehead atoms. The minimum absolute atomic E-state index is 0.0676. The third-order valence-electron chi connectivity index (χ3n) is 17.5. The van der Waals surface area contributed by atoms with Crippen LogP contribution in [0.3, 0.4) is 0 Å². The highest BCUT2D eigenvalue weighted by molar-refractivity contribution is 7.47. The van der Waals surface area contributed by atoms with Gasteiger partial charge in [-0.25, -0.2) is 9.13 Å². The maximum Gasteiger partial charge on any atom is 0.472 e. The molecule has 0 amide bonds. The summed E-state index contributed by atoms with van der Waals surface area (Å²) in [7, 11) is -10.00. The van der Waals surface area contributed by atoms with Crippen LogP contribution >= 0.6 is 15.6 Å². The van der Waals surface area contributed by atoms with Gasteiger partial charge < -0.3 is 33.8 Å². The molecule has 3 N–H and O–H groups in total. The molecule has 19 heteroatoms. The number of rotatable bonds is 79. The summed E-state index contributed by atoms with van der Waals surface area (Å²) in [6, 6.07) is 0. The number of ether oxygens (including phenoxy) is 4. The summed E-state index contributed by atoms with van der Waals surface area (Å²) >= 11 is 0. The molecular weight excluding hydrogens is 1430 g/mol. The first-order valence-electron chi connectivity index (χ1n) is 42.7. The zero-order valence-electron chi connectivity index (χ0n) is 68.9. The highest BCUT2D eigenvalue weighted by atomic mass is 31.2. The molecule has 0 aromatic heterocycles. The molecule has 5 atom stereocenters. The summed E-state index contributed by atoms with van der Waals surface area (Å²) in [6.07, 6.45) is 96.2. The molecule has 110 heavy (non-hydrogen) atoms. The largest absolute Gasteiger partial charge is 0.472 e. The number of unbranched alkanes of at least 4 members (excludes halogenated alkanes) is 27. The predicted molar refractivity (Wildman–Crippen MR) is 454 cm³/mol. The van der Waals surface area contributed by atoms with Crippen LogP contribution in [0.2, 0.25) is 0 Å². The molecule has 0 aromatic rings. The number of phosphoric ester groups is 2. The Morgan fingerprint density at radius 3 is 0.736 bits per heavy atom. The molecule has 628 valence electrons. The van der Waals surface area contributed by atoms with Crippen LogP contribution in [0.1, 0.15) is 336 Å². The van der Waals surface area contributed by atoms with Gasteiger partial charge in [-0.15, -0.1) is 0 Å². The summed E-state index contributed by atoms with van der Waals surface area (Å²) in [5.74, 6) is -2.25. The fourth-order valence-electron chi connectivity index (χ4n) is 11.0. The van der Waals surface area contributed by atoms with E-state index < -0.39 is 97.5 Å². The summed E-state index contributed by atoms with van der Waals surface area (Å²) in [6.45, 7) is 4.54. The van der Waals surface area contributed by atoms with Gasteiger partial charge in [-0.1, -0.05) is 295 Å². The molecule has 0 aromatic carbocycles. The van der Waals surface area contributed by atoms with Crippen molar-refractivity contribution >= 4 is 39.5 Å². The number of allylic oxidation sites excluding steroid dienone is 26. The monoisotopic (exact) mass is 1580 g/mol. The van der Waals surface area contributed by atoms with Crippen LogP contribution in [0.15, 0.2) is 158 Å². The fourth-order valence-corrected chi connectivity index (χ4v) is 12.6. The van der Waals surface area contributed by atoms with E-state index in [1.807, 2.05) is 0 Å². The number of aliphatic hydroxyl groups is 1. The van der Waals surface area contributed by atoms with Gasteiger partial charge in [0.15, 0.2) is 12.2 Å². The Bertz CT molecular complexity index is 2700. The Hall–Kier alpha value is -5.32. The number of carbonyl (C=O) groups is 4. The smallest absolute Gasteiger partial charge is 0.462 e. The molecule has 5 unspecified atom stereocenters. The lowest BCUT2D eigenvalue weighted by molar-refractivity contribution is -0.161. The van der Waals surface area contributed by atoms with Crippen LogP contribution in [0.25, 0.3) is 0 Å². The van der Waals surface area contributed by atoms with Crippen LogP contribution in [0, 0.1) is 0 Å². The molecule has 0 spiro atoms. The number of phosphoric acid groups is 2. The zero-order valence-corrected chi connectivity index (χ0v) is 70.7. The van der Waals surface area contributed by atoms with E-state index in [9.17, 15) is 43.2 Å². The summed E-state index contributed by atoms with van der Waals surface area (Å²) < 4.78 is 68.8. The van der Waals surface area contributed by atoms with Crippen molar-refractivity contribution in [2.75, 3.05) is 39.6 Å². The first kappa shape index (κ1) is 105. The summed E-state index contributed by atoms with van der Waals surface area (Å²) in [5.41, 5.74) is 0. The first-order chi connectivity index (χ1) is 53.7. The van der Waals surface area contributed by atoms with E-state index in [4.69, 9.17) is 37.0 Å². The maximum absolute atomic E-state index is 13.1. The lowest BCUT2D eigenvalue weighted by atomic mass is 10.1. The van der Waals surface area contributed by atoms with E-state index in [1.165, 1.54) is 38.5 Å². The second kappa shape index (κ2) is 81.7. The van der Waals surface area contributed by atoms with Crippen molar-refractivity contribution in [1.82, 2.24) is 0 Å². The summed E-state index contributed by atoms with van der Waals surface area (Å²) in [5, 5.41) is 10.7. The van der Waals surface area contributed by atoms with Crippen LogP contribution in [0.4, 0.5) is 0 Å². The number of aliphatic hydroxyl groups excluding tert-OH is 1. The second-order valence-electron chi connectivity index (χ2n) is 28.0. The highest BCUT2D eigenvalue weighted by Gasteiger charge is 2.30. The minimum atomic E-state index is -5.00. The highest BCUT2D eigenvalue weighted by Crippen LogP contribution is 2.45. The van der Waals surface area contributed by atoms with Crippen molar-refractivity contribution in [3.8, 4) is 0 Å². The zero-order chi connectivity index (χ0) is 80.3. The molecule has 0 rings (SSSR count). The Morgan fingerprint density at radius 1 is 0.264 bits per heavy atom. The number of hydrogen-bond donors (Lipinski definition) is 3. The molecule has 0 heterocycles. The lowest BCUT2D eigenvalue weighted by Crippen LogP contribution is -2.30. The normalized spacial score (nSPS) is 14.6. The van der Waals surface area contributed by atoms with Crippen LogP contribution in [-0.2, 0) is 65.4 Å². The van der Waals surface area contributed by atoms with Gasteiger partial charge in [-0.2, -0.15) is 0 Å². The number of carbonyl (C=O) groups excluding carboxylic acids is 4. The fraction of sp³-hybridized carbons (Fsp3) is 0.670. The Kier molecular flexibility index (Phi) is 77.7. The summed E-state index contributed by atoms with van der Waals surface area (Å²) in [4.78, 5) is 73.3. The molecule has 0 aliphatic heterocycles. The standard InChI is InChI=1S/C91H152O17P2/c1-5-9-13-17-21-25-29-33-37-40-42-45-49-52-56-60-64-68-72-76-89(94)102-82-87(108-91(96)78-74-70-66-62-58-54-50-46-43-41-38-34-30-26-22-18-14-10-6-2)84-106-110(99,100)104-80-85(92)79-103-109(97,98)105-83-86(107-90(95)77-73-69-65-61-57-53-47-36-32-28-24-20-16-12-8-4)81-101-88(93)75-71-67-63-59-55-51-48-44-39-35-31-27-23-19-15-11-7-3/h9,11,13,15,21-28,33-39,42-43,45-47,52,56,85-87,92H,5-8,10,12,14,16-20,29-32,40-41,44,48-51,53-55,57-84H2,1-4H3,(H,97,98)(H,99,100)/b13-9-,15-11-,25-21-,26-22-,27-23-,28-24-,37-33-,38-34-,39-35-,45-42-,46-43-,47-36-,56-52-. The van der Waals surface area contributed by atoms with E-state index in [0.717, 1.165) is 218 Å². The van der Waals surface area contributed by atoms with Gasteiger partial charge in [-0.3, -0.25) is 37.3 Å². The van der Waals surface area contributed by atoms with Crippen molar-refractivity contribution in [2.45, 2.75) is 354 Å². The van der Waals surface area contributed by atoms with E-state index in [-0.39, 0.29) is 25.7 Å². The van der Waals surface area contributed by atoms with Crippen LogP contribution in [-0.4, -0.2) is 96.7 Å². The average Bonchev–Trinajstić information content (AvgIpc) is 0.900. The molecule has 0 aliphatic carbocycles. The molecule has 0 saturated heterocycles. The maximum atomic E-state index is 13.1. The van der Waals surface area contributed by atoms with Gasteiger partial charge in [-0.05, 0) is 173 Å². The predicted octanol–water partition coefficient (Wildman–Crippen LogP) is 25.6. The van der Waals surface area contributed by atoms with Crippen LogP contribution in [0.5, 0.6) is 0 Å². The van der Waals surface area contributed by atoms with Gasteiger partial charge in [0.1, 0.15) is 19.3 Å². The lowest BCUT2D eigenvalue weighted by Gasteiger charge is -2.21. The Balaban J connectivity index is 5.45. The molecule has 0 aliphatic rings. The molecular formula is C91H152O17P2. The van der Waals surface area contributed by atoms with Crippen LogP contribution < -0.4 is 0 Å². The van der Waals surface area contributed by atoms with Gasteiger partial charge in [0.25, 0.3) is 0 Å². The van der Waals surface area contributed by atoms with E-state index in [1.54, 1.807) is 0 Å². The van der Waals surface area contributed by atoms with Crippen molar-refractivity contribution in [3.05, 3.63) is 158 Å². The molecule has 0 radical (unpaired) electrons. The van der Waals surface area contributed by atoms with Gasteiger partial charge in [0.2, 0.25) is 0 Å². The first-order valence-corrected chi connectivity index (χ1v) is 45.7. The van der Waals surface area contributed by atoms with Gasteiger partial charge >= 0.3 is 39.5 Å². The molecule has 17 nitrogen and oxygen atoms in total. The third-order valence-corrected chi connectivity index (χ3v) is 19.4.